The van der Waals surface area contributed by atoms with Crippen LogP contribution in [0.15, 0.2) is 0 Å². The summed E-state index contributed by atoms with van der Waals surface area (Å²) in [5.41, 5.74) is 0. The molecule has 0 radical (unpaired) electrons. The highest BCUT2D eigenvalue weighted by Gasteiger charge is 2.84. The van der Waals surface area contributed by atoms with Crippen LogP contribution in [0.2, 0.25) is 0 Å². The molecule has 0 aromatic rings. The van der Waals surface area contributed by atoms with Crippen LogP contribution in [0.3, 0.4) is 0 Å². The fourth-order valence-electron chi connectivity index (χ4n) is 1.26. The summed E-state index contributed by atoms with van der Waals surface area (Å²) in [5, 5.41) is 16.9. The van der Waals surface area contributed by atoms with Crippen molar-refractivity contribution in [1.82, 2.24) is 4.90 Å². The van der Waals surface area contributed by atoms with Gasteiger partial charge in [0, 0.05) is 13.1 Å². The molecule has 0 unspecified atom stereocenters. The lowest BCUT2D eigenvalue weighted by Gasteiger charge is -2.35. The molecule has 0 heterocycles. The molecule has 0 bridgehead atoms. The van der Waals surface area contributed by atoms with E-state index in [0.717, 1.165) is 0 Å². The zero-order chi connectivity index (χ0) is 18.0. The summed E-state index contributed by atoms with van der Waals surface area (Å²) in [4.78, 5) is 10.8. The van der Waals surface area contributed by atoms with Crippen molar-refractivity contribution in [3.05, 3.63) is 0 Å². The Bertz CT molecular complexity index is 390. The summed E-state index contributed by atoms with van der Waals surface area (Å²) < 4.78 is 113. The minimum Gasteiger partial charge on any atom is -0.395 e. The molecule has 132 valence electrons. The number of rotatable bonds is 7. The lowest BCUT2D eigenvalue weighted by Crippen LogP contribution is -2.65. The molecule has 22 heavy (non-hydrogen) atoms. The van der Waals surface area contributed by atoms with Gasteiger partial charge in [0.2, 0.25) is 0 Å². The van der Waals surface area contributed by atoms with Gasteiger partial charge in [0.1, 0.15) is 0 Å². The summed E-state index contributed by atoms with van der Waals surface area (Å²) in [5.74, 6) is -23.7. The van der Waals surface area contributed by atoms with Gasteiger partial charge in [-0.15, -0.1) is 0 Å². The van der Waals surface area contributed by atoms with Crippen LogP contribution < -0.4 is 0 Å². The minimum atomic E-state index is -7.18. The van der Waals surface area contributed by atoms with E-state index in [1.807, 2.05) is 0 Å². The molecular formula is C9H10F9NO3. The Morgan fingerprint density at radius 2 is 1.14 bits per heavy atom. The second-order valence-corrected chi connectivity index (χ2v) is 3.96. The van der Waals surface area contributed by atoms with Crippen molar-refractivity contribution < 1.29 is 54.5 Å². The van der Waals surface area contributed by atoms with Gasteiger partial charge in [-0.3, -0.25) is 4.79 Å². The van der Waals surface area contributed by atoms with E-state index in [0.29, 0.717) is 0 Å². The van der Waals surface area contributed by atoms with Gasteiger partial charge >= 0.3 is 23.9 Å². The largest absolute Gasteiger partial charge is 0.460 e. The average molecular weight is 351 g/mol. The predicted molar refractivity (Wildman–Crippen MR) is 51.6 cm³/mol. The van der Waals surface area contributed by atoms with Crippen molar-refractivity contribution in [2.75, 3.05) is 26.3 Å². The molecule has 0 rings (SSSR count). The zero-order valence-electron chi connectivity index (χ0n) is 10.5. The summed E-state index contributed by atoms with van der Waals surface area (Å²) >= 11 is 0. The highest BCUT2D eigenvalue weighted by molar-refractivity contribution is 5.85. The van der Waals surface area contributed by atoms with Gasteiger partial charge in [0.15, 0.2) is 0 Å². The van der Waals surface area contributed by atoms with E-state index in [-0.39, 0.29) is 4.90 Å². The topological polar surface area (TPSA) is 60.8 Å². The van der Waals surface area contributed by atoms with Crippen LogP contribution in [0, 0.1) is 0 Å². The Morgan fingerprint density at radius 3 is 1.41 bits per heavy atom. The SMILES string of the molecule is O=C(N(CCO)CCO)C(F)(F)C(F)(F)C(F)(F)C(F)(F)F. The third-order valence-electron chi connectivity index (χ3n) is 2.44. The number of carbonyl (C=O) groups excluding carboxylic acids is 1. The average Bonchev–Trinajstić information content (AvgIpc) is 2.35. The minimum absolute atomic E-state index is 0.361. The number of hydrogen-bond donors (Lipinski definition) is 2. The highest BCUT2D eigenvalue weighted by atomic mass is 19.4. The Labute approximate surface area is 117 Å². The van der Waals surface area contributed by atoms with Crippen LogP contribution in [-0.4, -0.2) is 71.3 Å². The van der Waals surface area contributed by atoms with Crippen molar-refractivity contribution in [3.63, 3.8) is 0 Å². The van der Waals surface area contributed by atoms with Gasteiger partial charge in [0.25, 0.3) is 5.91 Å². The van der Waals surface area contributed by atoms with Gasteiger partial charge in [-0.05, 0) is 0 Å². The van der Waals surface area contributed by atoms with E-state index >= 15 is 0 Å². The fourth-order valence-corrected chi connectivity index (χ4v) is 1.26. The molecule has 0 aliphatic rings. The Morgan fingerprint density at radius 1 is 0.773 bits per heavy atom. The van der Waals surface area contributed by atoms with Crippen LogP contribution >= 0.6 is 0 Å². The van der Waals surface area contributed by atoms with Crippen LogP contribution in [0.25, 0.3) is 0 Å². The maximum absolute atomic E-state index is 13.2. The molecule has 0 saturated heterocycles. The molecule has 0 aromatic heterocycles. The summed E-state index contributed by atoms with van der Waals surface area (Å²) in [6.07, 6.45) is -7.03. The molecule has 2 N–H and O–H groups in total. The monoisotopic (exact) mass is 351 g/mol. The number of hydrogen-bond acceptors (Lipinski definition) is 3. The lowest BCUT2D eigenvalue weighted by molar-refractivity contribution is -0.389. The number of halogens is 9. The van der Waals surface area contributed by atoms with E-state index in [1.165, 1.54) is 0 Å². The molecule has 4 nitrogen and oxygen atoms in total. The number of carbonyl (C=O) groups is 1. The van der Waals surface area contributed by atoms with E-state index in [4.69, 9.17) is 10.2 Å². The van der Waals surface area contributed by atoms with Crippen LogP contribution in [0.1, 0.15) is 0 Å². The predicted octanol–water partition coefficient (Wildman–Crippen LogP) is 1.27. The molecule has 0 aromatic carbocycles. The molecular weight excluding hydrogens is 341 g/mol. The Balaban J connectivity index is 5.73. The Kier molecular flexibility index (Phi) is 6.11. The molecule has 0 fully saturated rings. The first-order chi connectivity index (χ1) is 9.68. The maximum Gasteiger partial charge on any atom is 0.460 e. The first kappa shape index (κ1) is 20.8. The third-order valence-corrected chi connectivity index (χ3v) is 2.44. The first-order valence-corrected chi connectivity index (χ1v) is 5.39. The van der Waals surface area contributed by atoms with Gasteiger partial charge in [-0.25, -0.2) is 0 Å². The van der Waals surface area contributed by atoms with Gasteiger partial charge in [-0.2, -0.15) is 39.5 Å². The van der Waals surface area contributed by atoms with E-state index in [1.54, 1.807) is 0 Å². The van der Waals surface area contributed by atoms with E-state index < -0.39 is 56.2 Å². The fraction of sp³-hybridized carbons (Fsp3) is 0.889. The zero-order valence-corrected chi connectivity index (χ0v) is 10.5. The smallest absolute Gasteiger partial charge is 0.395 e. The quantitative estimate of drug-likeness (QED) is 0.679. The van der Waals surface area contributed by atoms with E-state index in [9.17, 15) is 44.3 Å². The van der Waals surface area contributed by atoms with Gasteiger partial charge < -0.3 is 15.1 Å². The molecule has 0 atom stereocenters. The lowest BCUT2D eigenvalue weighted by atomic mass is 10.0. The number of alkyl halides is 9. The molecule has 1 amide bonds. The van der Waals surface area contributed by atoms with Crippen molar-refractivity contribution >= 4 is 5.91 Å². The number of amides is 1. The summed E-state index contributed by atoms with van der Waals surface area (Å²) in [6, 6.07) is 0. The second-order valence-electron chi connectivity index (χ2n) is 3.96. The van der Waals surface area contributed by atoms with Gasteiger partial charge in [-0.1, -0.05) is 0 Å². The van der Waals surface area contributed by atoms with Crippen molar-refractivity contribution in [2.24, 2.45) is 0 Å². The van der Waals surface area contributed by atoms with Crippen molar-refractivity contribution in [3.8, 4) is 0 Å². The van der Waals surface area contributed by atoms with Crippen LogP contribution in [0.4, 0.5) is 39.5 Å². The van der Waals surface area contributed by atoms with Gasteiger partial charge in [0.05, 0.1) is 13.2 Å². The maximum atomic E-state index is 13.2. The molecule has 0 saturated carbocycles. The molecule has 0 aliphatic heterocycles. The van der Waals surface area contributed by atoms with Crippen LogP contribution in [0.5, 0.6) is 0 Å². The number of aliphatic hydroxyl groups excluding tert-OH is 2. The Hall–Kier alpha value is -1.24. The highest BCUT2D eigenvalue weighted by Crippen LogP contribution is 2.53. The summed E-state index contributed by atoms with van der Waals surface area (Å²) in [6.45, 7) is -4.32. The summed E-state index contributed by atoms with van der Waals surface area (Å²) in [7, 11) is 0. The normalized spacial score (nSPS) is 14.1. The van der Waals surface area contributed by atoms with Crippen LogP contribution in [-0.2, 0) is 4.79 Å². The number of nitrogens with zero attached hydrogens (tertiary/aromatic N) is 1. The number of aliphatic hydroxyl groups is 2. The van der Waals surface area contributed by atoms with E-state index in [2.05, 4.69) is 0 Å². The second kappa shape index (κ2) is 6.48. The third kappa shape index (κ3) is 3.39. The standard InChI is InChI=1S/C9H10F9NO3/c10-6(11,5(22)19(1-3-20)2-4-21)7(12,13)8(14,15)9(16,17)18/h20-21H,1-4H2. The van der Waals surface area contributed by atoms with Crippen molar-refractivity contribution in [1.29, 1.82) is 0 Å². The molecule has 0 aliphatic carbocycles. The molecule has 13 heteroatoms. The van der Waals surface area contributed by atoms with Crippen molar-refractivity contribution in [2.45, 2.75) is 23.9 Å². The first-order valence-electron chi connectivity index (χ1n) is 5.39. The molecule has 0 spiro atoms.